The Morgan fingerprint density at radius 1 is 1.42 bits per heavy atom. The van der Waals surface area contributed by atoms with E-state index < -0.39 is 5.82 Å². The van der Waals surface area contributed by atoms with Gasteiger partial charge >= 0.3 is 0 Å². The predicted molar refractivity (Wildman–Crippen MR) is 69.3 cm³/mol. The van der Waals surface area contributed by atoms with Crippen molar-refractivity contribution in [3.8, 4) is 11.3 Å². The number of halogens is 1. The Balaban J connectivity index is 2.43. The maximum atomic E-state index is 13.8. The number of benzene rings is 1. The molecule has 0 radical (unpaired) electrons. The predicted octanol–water partition coefficient (Wildman–Crippen LogP) is 2.93. The summed E-state index contributed by atoms with van der Waals surface area (Å²) in [7, 11) is 0. The Labute approximate surface area is 110 Å². The normalized spacial score (nSPS) is 10.5. The lowest BCUT2D eigenvalue weighted by Crippen LogP contribution is -2.24. The van der Waals surface area contributed by atoms with Gasteiger partial charge in [0.05, 0.1) is 0 Å². The summed E-state index contributed by atoms with van der Waals surface area (Å²) in [4.78, 5) is 12.1. The van der Waals surface area contributed by atoms with Crippen LogP contribution in [0.3, 0.4) is 0 Å². The number of amides is 1. The summed E-state index contributed by atoms with van der Waals surface area (Å²) in [6.07, 6.45) is 0.825. The van der Waals surface area contributed by atoms with Gasteiger partial charge < -0.3 is 9.84 Å². The Bertz CT molecular complexity index is 593. The highest BCUT2D eigenvalue weighted by atomic mass is 19.1. The fraction of sp³-hybridized carbons (Fsp3) is 0.286. The van der Waals surface area contributed by atoms with Crippen LogP contribution in [0.15, 0.2) is 28.8 Å². The molecule has 1 aromatic heterocycles. The Kier molecular flexibility index (Phi) is 3.94. The Hall–Kier alpha value is -2.17. The van der Waals surface area contributed by atoms with Crippen LogP contribution in [0, 0.1) is 12.7 Å². The third-order valence-corrected chi connectivity index (χ3v) is 2.75. The van der Waals surface area contributed by atoms with Gasteiger partial charge in [-0.15, -0.1) is 0 Å². The van der Waals surface area contributed by atoms with E-state index in [-0.39, 0.29) is 17.2 Å². The second-order valence-corrected chi connectivity index (χ2v) is 4.20. The molecule has 0 saturated heterocycles. The molecule has 0 aliphatic heterocycles. The standard InChI is InChI=1S/C14H15FN2O2/c1-3-8-16-14(18)12-9(2)19-17-13(12)10-6-4-5-7-11(10)15/h4-7H,3,8H2,1-2H3,(H,16,18). The lowest BCUT2D eigenvalue weighted by Gasteiger charge is -2.04. The first-order valence-electron chi connectivity index (χ1n) is 6.14. The molecule has 4 nitrogen and oxygen atoms in total. The molecule has 1 aromatic carbocycles. The van der Waals surface area contributed by atoms with Crippen molar-refractivity contribution in [1.82, 2.24) is 10.5 Å². The van der Waals surface area contributed by atoms with Gasteiger partial charge in [0, 0.05) is 12.1 Å². The summed E-state index contributed by atoms with van der Waals surface area (Å²) in [5, 5.41) is 6.54. The van der Waals surface area contributed by atoms with E-state index in [0.29, 0.717) is 17.9 Å². The van der Waals surface area contributed by atoms with Gasteiger partial charge in [0.2, 0.25) is 0 Å². The highest BCUT2D eigenvalue weighted by Crippen LogP contribution is 2.27. The molecule has 5 heteroatoms. The average Bonchev–Trinajstić information content (AvgIpc) is 2.78. The molecular formula is C14H15FN2O2. The summed E-state index contributed by atoms with van der Waals surface area (Å²) in [5.41, 5.74) is 0.795. The second kappa shape index (κ2) is 5.65. The third kappa shape index (κ3) is 2.65. The average molecular weight is 262 g/mol. The number of carbonyl (C=O) groups is 1. The topological polar surface area (TPSA) is 55.1 Å². The highest BCUT2D eigenvalue weighted by Gasteiger charge is 2.22. The second-order valence-electron chi connectivity index (χ2n) is 4.20. The number of aryl methyl sites for hydroxylation is 1. The Morgan fingerprint density at radius 3 is 2.84 bits per heavy atom. The van der Waals surface area contributed by atoms with Gasteiger partial charge in [-0.2, -0.15) is 0 Å². The van der Waals surface area contributed by atoms with Gasteiger partial charge in [-0.1, -0.05) is 24.2 Å². The third-order valence-electron chi connectivity index (χ3n) is 2.75. The fourth-order valence-electron chi connectivity index (χ4n) is 1.80. The molecular weight excluding hydrogens is 247 g/mol. The summed E-state index contributed by atoms with van der Waals surface area (Å²) in [6, 6.07) is 6.18. The number of rotatable bonds is 4. The van der Waals surface area contributed by atoms with Crippen LogP contribution in [0.5, 0.6) is 0 Å². The molecule has 19 heavy (non-hydrogen) atoms. The van der Waals surface area contributed by atoms with Gasteiger partial charge in [0.15, 0.2) is 0 Å². The quantitative estimate of drug-likeness (QED) is 0.921. The molecule has 1 amide bonds. The number of nitrogens with one attached hydrogen (secondary N) is 1. The molecule has 0 fully saturated rings. The van der Waals surface area contributed by atoms with Crippen LogP contribution in [0.4, 0.5) is 4.39 Å². The minimum absolute atomic E-state index is 0.240. The van der Waals surface area contributed by atoms with E-state index >= 15 is 0 Å². The molecule has 2 aromatic rings. The molecule has 1 heterocycles. The molecule has 0 bridgehead atoms. The van der Waals surface area contributed by atoms with Crippen LogP contribution in [-0.2, 0) is 0 Å². The maximum Gasteiger partial charge on any atom is 0.257 e. The molecule has 0 saturated carbocycles. The summed E-state index contributed by atoms with van der Waals surface area (Å²) < 4.78 is 18.8. The van der Waals surface area contributed by atoms with E-state index in [0.717, 1.165) is 6.42 Å². The van der Waals surface area contributed by atoms with E-state index in [4.69, 9.17) is 4.52 Å². The highest BCUT2D eigenvalue weighted by molar-refractivity contribution is 6.00. The van der Waals surface area contributed by atoms with Gasteiger partial charge in [0.25, 0.3) is 5.91 Å². The molecule has 1 N–H and O–H groups in total. The largest absolute Gasteiger partial charge is 0.360 e. The van der Waals surface area contributed by atoms with Crippen LogP contribution in [0.1, 0.15) is 29.5 Å². The molecule has 2 rings (SSSR count). The fourth-order valence-corrected chi connectivity index (χ4v) is 1.80. The monoisotopic (exact) mass is 262 g/mol. The van der Waals surface area contributed by atoms with Gasteiger partial charge in [0.1, 0.15) is 22.8 Å². The molecule has 0 unspecified atom stereocenters. The number of nitrogens with zero attached hydrogens (tertiary/aromatic N) is 1. The zero-order valence-electron chi connectivity index (χ0n) is 10.9. The summed E-state index contributed by atoms with van der Waals surface area (Å²) in [6.45, 7) is 4.15. The van der Waals surface area contributed by atoms with Crippen LogP contribution >= 0.6 is 0 Å². The zero-order valence-corrected chi connectivity index (χ0v) is 10.9. The lowest BCUT2D eigenvalue weighted by molar-refractivity contribution is 0.0952. The minimum Gasteiger partial charge on any atom is -0.360 e. The van der Waals surface area contributed by atoms with Crippen molar-refractivity contribution in [3.63, 3.8) is 0 Å². The first kappa shape index (κ1) is 13.3. The van der Waals surface area contributed by atoms with E-state index in [1.807, 2.05) is 6.92 Å². The number of hydrogen-bond donors (Lipinski definition) is 1. The van der Waals surface area contributed by atoms with Gasteiger partial charge in [-0.3, -0.25) is 4.79 Å². The molecule has 0 aliphatic rings. The first-order valence-corrected chi connectivity index (χ1v) is 6.14. The van der Waals surface area contributed by atoms with Gasteiger partial charge in [-0.25, -0.2) is 4.39 Å². The number of aromatic nitrogens is 1. The van der Waals surface area contributed by atoms with Crippen LogP contribution in [0.25, 0.3) is 11.3 Å². The van der Waals surface area contributed by atoms with Crippen LogP contribution in [0.2, 0.25) is 0 Å². The maximum absolute atomic E-state index is 13.8. The molecule has 0 spiro atoms. The van der Waals surface area contributed by atoms with E-state index in [2.05, 4.69) is 10.5 Å². The van der Waals surface area contributed by atoms with Crippen LogP contribution < -0.4 is 5.32 Å². The van der Waals surface area contributed by atoms with Crippen molar-refractivity contribution in [1.29, 1.82) is 0 Å². The SMILES string of the molecule is CCCNC(=O)c1c(-c2ccccc2F)noc1C. The van der Waals surface area contributed by atoms with Gasteiger partial charge in [-0.05, 0) is 25.5 Å². The zero-order chi connectivity index (χ0) is 13.8. The molecule has 0 aliphatic carbocycles. The number of hydrogen-bond acceptors (Lipinski definition) is 3. The summed E-state index contributed by atoms with van der Waals surface area (Å²) in [5.74, 6) is -0.342. The molecule has 0 atom stereocenters. The smallest absolute Gasteiger partial charge is 0.257 e. The lowest BCUT2D eigenvalue weighted by atomic mass is 10.1. The van der Waals surface area contributed by atoms with E-state index in [1.54, 1.807) is 25.1 Å². The first-order chi connectivity index (χ1) is 9.15. The van der Waals surface area contributed by atoms with E-state index in [9.17, 15) is 9.18 Å². The van der Waals surface area contributed by atoms with Crippen molar-refractivity contribution in [2.45, 2.75) is 20.3 Å². The van der Waals surface area contributed by atoms with Crippen molar-refractivity contribution < 1.29 is 13.7 Å². The Morgan fingerprint density at radius 2 is 2.16 bits per heavy atom. The van der Waals surface area contributed by atoms with Crippen molar-refractivity contribution in [3.05, 3.63) is 41.4 Å². The van der Waals surface area contributed by atoms with E-state index in [1.165, 1.54) is 6.07 Å². The van der Waals surface area contributed by atoms with Crippen molar-refractivity contribution in [2.75, 3.05) is 6.54 Å². The minimum atomic E-state index is -0.430. The van der Waals surface area contributed by atoms with Crippen LogP contribution in [-0.4, -0.2) is 17.6 Å². The summed E-state index contributed by atoms with van der Waals surface area (Å²) >= 11 is 0. The molecule has 100 valence electrons. The van der Waals surface area contributed by atoms with Crippen molar-refractivity contribution >= 4 is 5.91 Å². The van der Waals surface area contributed by atoms with Crippen molar-refractivity contribution in [2.24, 2.45) is 0 Å². The number of carbonyl (C=O) groups excluding carboxylic acids is 1.